The Morgan fingerprint density at radius 1 is 1.25 bits per heavy atom. The van der Waals surface area contributed by atoms with Crippen molar-refractivity contribution < 1.29 is 13.6 Å². The lowest BCUT2D eigenvalue weighted by Crippen LogP contribution is -2.11. The highest BCUT2D eigenvalue weighted by Gasteiger charge is 2.15. The molecule has 0 saturated carbocycles. The molecular weight excluding hydrogens is 281 g/mol. The molecule has 0 aliphatic rings. The molecule has 0 unspecified atom stereocenters. The van der Waals surface area contributed by atoms with Crippen LogP contribution >= 0.6 is 11.3 Å². The summed E-state index contributed by atoms with van der Waals surface area (Å²) in [6.07, 6.45) is 3.00. The minimum absolute atomic E-state index is 0.0699. The number of carbonyl (C=O) groups is 1. The van der Waals surface area contributed by atoms with Crippen LogP contribution in [-0.4, -0.2) is 15.9 Å². The van der Waals surface area contributed by atoms with E-state index < -0.39 is 5.91 Å². The second kappa shape index (κ2) is 5.22. The number of amides is 1. The first kappa shape index (κ1) is 12.5. The van der Waals surface area contributed by atoms with Crippen LogP contribution in [0, 0.1) is 5.82 Å². The van der Waals surface area contributed by atoms with Crippen LogP contribution in [0.15, 0.2) is 46.5 Å². The Hall–Kier alpha value is -2.54. The van der Waals surface area contributed by atoms with Crippen molar-refractivity contribution in [3.63, 3.8) is 0 Å². The monoisotopic (exact) mass is 289 g/mol. The largest absolute Gasteiger partial charge is 0.432 e. The van der Waals surface area contributed by atoms with E-state index in [2.05, 4.69) is 15.3 Å². The number of carbonyl (C=O) groups excluding carboxylic acids is 1. The Morgan fingerprint density at radius 3 is 2.75 bits per heavy atom. The molecule has 1 N–H and O–H groups in total. The highest BCUT2D eigenvalue weighted by atomic mass is 32.1. The van der Waals surface area contributed by atoms with E-state index in [0.29, 0.717) is 16.5 Å². The van der Waals surface area contributed by atoms with E-state index in [9.17, 15) is 9.18 Å². The molecule has 5 nitrogen and oxygen atoms in total. The predicted octanol–water partition coefficient (Wildman–Crippen LogP) is 3.19. The fourth-order valence-corrected chi connectivity index (χ4v) is 2.09. The maximum absolute atomic E-state index is 12.8. The van der Waals surface area contributed by atoms with Gasteiger partial charge in [0.1, 0.15) is 5.82 Å². The van der Waals surface area contributed by atoms with Gasteiger partial charge in [-0.3, -0.25) is 10.1 Å². The summed E-state index contributed by atoms with van der Waals surface area (Å²) in [4.78, 5) is 19.7. The molecule has 1 amide bonds. The molecule has 3 rings (SSSR count). The highest BCUT2D eigenvalue weighted by Crippen LogP contribution is 2.21. The van der Waals surface area contributed by atoms with E-state index >= 15 is 0 Å². The first-order valence-electron chi connectivity index (χ1n) is 5.65. The number of halogens is 1. The van der Waals surface area contributed by atoms with Crippen LogP contribution in [0.4, 0.5) is 9.52 Å². The number of nitrogens with one attached hydrogen (secondary N) is 1. The van der Waals surface area contributed by atoms with Gasteiger partial charge in [0.05, 0.1) is 6.20 Å². The zero-order valence-corrected chi connectivity index (χ0v) is 10.9. The Labute approximate surface area is 117 Å². The molecule has 1 aromatic carbocycles. The number of benzene rings is 1. The summed E-state index contributed by atoms with van der Waals surface area (Å²) in [7, 11) is 0. The zero-order valence-electron chi connectivity index (χ0n) is 10.0. The SMILES string of the molecule is O=C(Nc1nccs1)c1ncc(-c2ccc(F)cc2)o1. The van der Waals surface area contributed by atoms with Gasteiger partial charge in [0.2, 0.25) is 0 Å². The zero-order chi connectivity index (χ0) is 13.9. The molecule has 0 bridgehead atoms. The second-order valence-corrected chi connectivity index (χ2v) is 4.72. The van der Waals surface area contributed by atoms with Gasteiger partial charge in [0, 0.05) is 17.1 Å². The van der Waals surface area contributed by atoms with Gasteiger partial charge in [-0.1, -0.05) is 0 Å². The van der Waals surface area contributed by atoms with Crippen LogP contribution in [0.5, 0.6) is 0 Å². The quantitative estimate of drug-likeness (QED) is 0.804. The molecule has 0 aliphatic carbocycles. The van der Waals surface area contributed by atoms with Crippen LogP contribution in [0.2, 0.25) is 0 Å². The Kier molecular flexibility index (Phi) is 3.26. The minimum atomic E-state index is -0.478. The lowest BCUT2D eigenvalue weighted by atomic mass is 10.2. The molecule has 0 atom stereocenters. The van der Waals surface area contributed by atoms with Crippen molar-refractivity contribution in [2.75, 3.05) is 5.32 Å². The second-order valence-electron chi connectivity index (χ2n) is 3.83. The van der Waals surface area contributed by atoms with Crippen molar-refractivity contribution in [1.29, 1.82) is 0 Å². The van der Waals surface area contributed by atoms with Crippen molar-refractivity contribution in [3.8, 4) is 11.3 Å². The van der Waals surface area contributed by atoms with E-state index in [0.717, 1.165) is 0 Å². The number of rotatable bonds is 3. The predicted molar refractivity (Wildman–Crippen MR) is 72.0 cm³/mol. The summed E-state index contributed by atoms with van der Waals surface area (Å²) in [6.45, 7) is 0. The Balaban J connectivity index is 1.79. The summed E-state index contributed by atoms with van der Waals surface area (Å²) in [5, 5.41) is 4.78. The third-order valence-electron chi connectivity index (χ3n) is 2.48. The van der Waals surface area contributed by atoms with Gasteiger partial charge in [0.15, 0.2) is 10.9 Å². The fourth-order valence-electron chi connectivity index (χ4n) is 1.56. The van der Waals surface area contributed by atoms with E-state index in [-0.39, 0.29) is 11.7 Å². The Bertz CT molecular complexity index is 722. The topological polar surface area (TPSA) is 68.0 Å². The molecule has 3 aromatic rings. The van der Waals surface area contributed by atoms with Crippen LogP contribution < -0.4 is 5.32 Å². The molecule has 20 heavy (non-hydrogen) atoms. The Morgan fingerprint density at radius 2 is 2.05 bits per heavy atom. The van der Waals surface area contributed by atoms with Gasteiger partial charge in [0.25, 0.3) is 5.89 Å². The van der Waals surface area contributed by atoms with E-state index in [1.807, 2.05) is 0 Å². The van der Waals surface area contributed by atoms with Gasteiger partial charge >= 0.3 is 5.91 Å². The molecule has 0 aliphatic heterocycles. The summed E-state index contributed by atoms with van der Waals surface area (Å²) in [6, 6.07) is 5.73. The average Bonchev–Trinajstić information content (AvgIpc) is 3.10. The third kappa shape index (κ3) is 2.57. The normalized spacial score (nSPS) is 10.4. The molecule has 2 aromatic heterocycles. The molecule has 2 heterocycles. The summed E-state index contributed by atoms with van der Waals surface area (Å²) >= 11 is 1.30. The van der Waals surface area contributed by atoms with Crippen molar-refractivity contribution in [2.45, 2.75) is 0 Å². The van der Waals surface area contributed by atoms with Gasteiger partial charge < -0.3 is 4.42 Å². The number of hydrogen-bond acceptors (Lipinski definition) is 5. The first-order chi connectivity index (χ1) is 9.72. The molecule has 0 fully saturated rings. The van der Waals surface area contributed by atoms with Crippen LogP contribution in [0.3, 0.4) is 0 Å². The highest BCUT2D eigenvalue weighted by molar-refractivity contribution is 7.13. The lowest BCUT2D eigenvalue weighted by molar-refractivity contribution is 0.0991. The number of aromatic nitrogens is 2. The first-order valence-corrected chi connectivity index (χ1v) is 6.53. The van der Waals surface area contributed by atoms with Gasteiger partial charge in [-0.25, -0.2) is 14.4 Å². The van der Waals surface area contributed by atoms with Crippen molar-refractivity contribution >= 4 is 22.4 Å². The molecule has 0 saturated heterocycles. The van der Waals surface area contributed by atoms with Gasteiger partial charge in [-0.15, -0.1) is 11.3 Å². The number of anilines is 1. The summed E-state index contributed by atoms with van der Waals surface area (Å²) in [5.41, 5.74) is 0.646. The van der Waals surface area contributed by atoms with Crippen molar-refractivity contribution in [3.05, 3.63) is 53.7 Å². The van der Waals surface area contributed by atoms with E-state index in [1.54, 1.807) is 23.7 Å². The molecule has 0 radical (unpaired) electrons. The summed E-state index contributed by atoms with van der Waals surface area (Å²) < 4.78 is 18.2. The molecule has 0 spiro atoms. The number of oxazole rings is 1. The van der Waals surface area contributed by atoms with E-state index in [1.165, 1.54) is 29.7 Å². The molecule has 100 valence electrons. The maximum Gasteiger partial charge on any atom is 0.313 e. The van der Waals surface area contributed by atoms with Crippen LogP contribution in [-0.2, 0) is 0 Å². The number of hydrogen-bond donors (Lipinski definition) is 1. The van der Waals surface area contributed by atoms with Crippen molar-refractivity contribution in [2.24, 2.45) is 0 Å². The number of thiazole rings is 1. The molecule has 7 heteroatoms. The maximum atomic E-state index is 12.8. The van der Waals surface area contributed by atoms with E-state index in [4.69, 9.17) is 4.42 Å². The lowest BCUT2D eigenvalue weighted by Gasteiger charge is -1.97. The summed E-state index contributed by atoms with van der Waals surface area (Å²) in [5.74, 6) is -0.489. The van der Waals surface area contributed by atoms with Crippen LogP contribution in [0.1, 0.15) is 10.7 Å². The van der Waals surface area contributed by atoms with Crippen LogP contribution in [0.25, 0.3) is 11.3 Å². The van der Waals surface area contributed by atoms with Gasteiger partial charge in [-0.05, 0) is 24.3 Å². The number of nitrogens with zero attached hydrogens (tertiary/aromatic N) is 2. The average molecular weight is 289 g/mol. The van der Waals surface area contributed by atoms with Crippen molar-refractivity contribution in [1.82, 2.24) is 9.97 Å². The third-order valence-corrected chi connectivity index (χ3v) is 3.17. The molecular formula is C13H8FN3O2S. The van der Waals surface area contributed by atoms with Gasteiger partial charge in [-0.2, -0.15) is 0 Å². The minimum Gasteiger partial charge on any atom is -0.432 e. The smallest absolute Gasteiger partial charge is 0.313 e. The standard InChI is InChI=1S/C13H8FN3O2S/c14-9-3-1-8(2-4-9)10-7-16-12(19-10)11(18)17-13-15-5-6-20-13/h1-7H,(H,15,17,18). The fraction of sp³-hybridized carbons (Fsp3) is 0.